The number of thiophene rings is 1. The van der Waals surface area contributed by atoms with Crippen LogP contribution in [0, 0.1) is 18.8 Å². The van der Waals surface area contributed by atoms with Crippen molar-refractivity contribution in [3.63, 3.8) is 0 Å². The van der Waals surface area contributed by atoms with Gasteiger partial charge in [0, 0.05) is 39.5 Å². The zero-order chi connectivity index (χ0) is 23.2. The highest BCUT2D eigenvalue weighted by Gasteiger charge is 2.12. The average molecular weight is 455 g/mol. The van der Waals surface area contributed by atoms with E-state index in [1.165, 1.54) is 21.2 Å². The van der Waals surface area contributed by atoms with E-state index in [4.69, 9.17) is 16.3 Å². The first-order valence-electron chi connectivity index (χ1n) is 10.7. The normalized spacial score (nSPS) is 12.2. The van der Waals surface area contributed by atoms with Crippen molar-refractivity contribution < 1.29 is 4.74 Å². The summed E-state index contributed by atoms with van der Waals surface area (Å²) in [5.74, 6) is 12.5. The Morgan fingerprint density at radius 1 is 1.15 bits per heavy atom. The Balaban J connectivity index is 1.50. The molecular formula is C27H26N4OS. The minimum atomic E-state index is -0.0493. The molecule has 0 saturated heterocycles. The third-order valence-electron chi connectivity index (χ3n) is 5.52. The molecule has 0 amide bonds. The van der Waals surface area contributed by atoms with Crippen molar-refractivity contribution in [3.05, 3.63) is 83.0 Å². The summed E-state index contributed by atoms with van der Waals surface area (Å²) in [4.78, 5) is 4.44. The second kappa shape index (κ2) is 10.2. The Bertz CT molecular complexity index is 1350. The molecule has 0 spiro atoms. The summed E-state index contributed by atoms with van der Waals surface area (Å²) in [6.45, 7) is 4.34. The number of nitrogens with two attached hydrogens (primary N) is 2. The Kier molecular flexibility index (Phi) is 6.92. The molecule has 0 aliphatic rings. The summed E-state index contributed by atoms with van der Waals surface area (Å²) in [6.07, 6.45) is 2.33. The van der Waals surface area contributed by atoms with Gasteiger partial charge in [0.05, 0.1) is 5.92 Å². The van der Waals surface area contributed by atoms with Crippen molar-refractivity contribution in [3.8, 4) is 28.7 Å². The van der Waals surface area contributed by atoms with Crippen LogP contribution in [0.5, 0.6) is 5.75 Å². The number of benzene rings is 2. The van der Waals surface area contributed by atoms with Crippen molar-refractivity contribution >= 4 is 27.3 Å². The predicted molar refractivity (Wildman–Crippen MR) is 137 cm³/mol. The zero-order valence-electron chi connectivity index (χ0n) is 18.7. The largest absolute Gasteiger partial charge is 0.489 e. The first kappa shape index (κ1) is 22.4. The van der Waals surface area contributed by atoms with Gasteiger partial charge in [0.15, 0.2) is 0 Å². The molecule has 0 aliphatic heterocycles. The number of fused-ring (bicyclic) bond motifs is 1. The molecular weight excluding hydrogens is 428 g/mol. The molecule has 0 bridgehead atoms. The number of nitrogens with zero attached hydrogens (tertiary/aromatic N) is 2. The van der Waals surface area contributed by atoms with Crippen molar-refractivity contribution in [2.75, 3.05) is 0 Å². The number of amidine groups is 1. The molecule has 1 unspecified atom stereocenters. The van der Waals surface area contributed by atoms with E-state index >= 15 is 0 Å². The summed E-state index contributed by atoms with van der Waals surface area (Å²) in [5.41, 5.74) is 11.4. The van der Waals surface area contributed by atoms with E-state index in [1.54, 1.807) is 11.3 Å². The topological polar surface area (TPSA) is 86.5 Å². The number of ether oxygens (including phenoxy) is 1. The number of hydrogen-bond acceptors (Lipinski definition) is 5. The molecule has 33 heavy (non-hydrogen) atoms. The average Bonchev–Trinajstić information content (AvgIpc) is 3.26. The lowest BCUT2D eigenvalue weighted by Crippen LogP contribution is -2.17. The Morgan fingerprint density at radius 3 is 2.70 bits per heavy atom. The van der Waals surface area contributed by atoms with Gasteiger partial charge in [0.25, 0.3) is 0 Å². The molecule has 0 aliphatic carbocycles. The van der Waals surface area contributed by atoms with Gasteiger partial charge in [-0.05, 0) is 60.7 Å². The van der Waals surface area contributed by atoms with Gasteiger partial charge < -0.3 is 16.3 Å². The van der Waals surface area contributed by atoms with Crippen molar-refractivity contribution in [1.82, 2.24) is 4.98 Å². The van der Waals surface area contributed by atoms with E-state index in [-0.39, 0.29) is 5.92 Å². The first-order chi connectivity index (χ1) is 16.1. The lowest BCUT2D eigenvalue weighted by molar-refractivity contribution is 0.306. The molecule has 2 aromatic heterocycles. The van der Waals surface area contributed by atoms with E-state index in [0.717, 1.165) is 22.6 Å². The fourth-order valence-electron chi connectivity index (χ4n) is 3.79. The molecule has 4 rings (SSSR count). The maximum Gasteiger partial charge on any atom is 0.120 e. The lowest BCUT2D eigenvalue weighted by atomic mass is 9.95. The molecule has 0 fully saturated rings. The van der Waals surface area contributed by atoms with Crippen LogP contribution < -0.4 is 16.3 Å². The molecule has 166 valence electrons. The number of aromatic nitrogens is 1. The van der Waals surface area contributed by atoms with Crippen molar-refractivity contribution in [2.24, 2.45) is 16.7 Å². The van der Waals surface area contributed by atoms with Crippen LogP contribution in [0.25, 0.3) is 21.2 Å². The minimum Gasteiger partial charge on any atom is -0.489 e. The summed E-state index contributed by atoms with van der Waals surface area (Å²) >= 11 is 1.75. The smallest absolute Gasteiger partial charge is 0.120 e. The predicted octanol–water partition coefficient (Wildman–Crippen LogP) is 5.58. The van der Waals surface area contributed by atoms with Crippen LogP contribution in [-0.4, -0.2) is 10.8 Å². The molecule has 0 radical (unpaired) electrons. The maximum absolute atomic E-state index is 6.07. The Morgan fingerprint density at radius 2 is 1.97 bits per heavy atom. The fraction of sp³-hybridized carbons (Fsp3) is 0.185. The van der Waals surface area contributed by atoms with Gasteiger partial charge in [0.2, 0.25) is 0 Å². The van der Waals surface area contributed by atoms with Gasteiger partial charge in [-0.25, -0.2) is 0 Å². The van der Waals surface area contributed by atoms with Crippen LogP contribution in [0.1, 0.15) is 36.1 Å². The Labute approximate surface area is 198 Å². The second-order valence-electron chi connectivity index (χ2n) is 7.75. The number of hydrazone groups is 1. The molecule has 4 N–H and O–H groups in total. The summed E-state index contributed by atoms with van der Waals surface area (Å²) in [7, 11) is 0. The molecule has 0 saturated carbocycles. The molecule has 5 nitrogen and oxygen atoms in total. The highest BCUT2D eigenvalue weighted by molar-refractivity contribution is 7.17. The van der Waals surface area contributed by atoms with Gasteiger partial charge in [0.1, 0.15) is 18.2 Å². The van der Waals surface area contributed by atoms with Crippen LogP contribution in [0.15, 0.2) is 71.3 Å². The highest BCUT2D eigenvalue weighted by atomic mass is 32.1. The second-order valence-corrected chi connectivity index (χ2v) is 8.66. The summed E-state index contributed by atoms with van der Waals surface area (Å²) in [5, 5.41) is 7.00. The molecule has 6 heteroatoms. The third-order valence-corrected chi connectivity index (χ3v) is 6.48. The van der Waals surface area contributed by atoms with Crippen LogP contribution in [0.4, 0.5) is 0 Å². The van der Waals surface area contributed by atoms with E-state index < -0.39 is 0 Å². The van der Waals surface area contributed by atoms with Crippen LogP contribution in [0.3, 0.4) is 0 Å². The first-order valence-corrected chi connectivity index (χ1v) is 11.6. The maximum atomic E-state index is 6.07. The SMILES string of the molecule is CC#CC(C/C(N)=N/N)c1ccc(OCc2ccc3scc(-c4cccnc4C)c3c2)cc1. The standard InChI is InChI=1S/C27H26N4OS/c1-3-5-21(15-27(28)31-29)20-8-10-22(11-9-20)32-16-19-7-12-26-24(14-19)25(17-33-26)23-6-4-13-30-18(23)2/h4,6-14,17,21H,15-16,29H2,1-2H3,(H2,28,31). The number of aryl methyl sites for hydroxylation is 1. The number of rotatable bonds is 7. The van der Waals surface area contributed by atoms with Gasteiger partial charge in [-0.2, -0.15) is 5.10 Å². The summed E-state index contributed by atoms with van der Waals surface area (Å²) < 4.78 is 7.32. The van der Waals surface area contributed by atoms with Gasteiger partial charge in [-0.1, -0.05) is 30.2 Å². The monoisotopic (exact) mass is 454 g/mol. The molecule has 1 atom stereocenters. The lowest BCUT2D eigenvalue weighted by Gasteiger charge is -2.12. The molecule has 2 heterocycles. The van der Waals surface area contributed by atoms with Crippen LogP contribution in [-0.2, 0) is 6.61 Å². The van der Waals surface area contributed by atoms with Gasteiger partial charge >= 0.3 is 0 Å². The van der Waals surface area contributed by atoms with Gasteiger partial charge in [-0.15, -0.1) is 17.3 Å². The van der Waals surface area contributed by atoms with Crippen molar-refractivity contribution in [1.29, 1.82) is 0 Å². The van der Waals surface area contributed by atoms with E-state index in [2.05, 4.69) is 51.6 Å². The van der Waals surface area contributed by atoms with Gasteiger partial charge in [-0.3, -0.25) is 4.98 Å². The number of hydrogen-bond donors (Lipinski definition) is 2. The fourth-order valence-corrected chi connectivity index (χ4v) is 4.74. The third kappa shape index (κ3) is 5.16. The minimum absolute atomic E-state index is 0.0493. The zero-order valence-corrected chi connectivity index (χ0v) is 19.5. The van der Waals surface area contributed by atoms with Crippen LogP contribution >= 0.6 is 11.3 Å². The quantitative estimate of drug-likeness (QED) is 0.125. The van der Waals surface area contributed by atoms with E-state index in [0.29, 0.717) is 18.9 Å². The van der Waals surface area contributed by atoms with E-state index in [9.17, 15) is 0 Å². The van der Waals surface area contributed by atoms with Crippen molar-refractivity contribution in [2.45, 2.75) is 32.8 Å². The molecule has 2 aromatic carbocycles. The summed E-state index contributed by atoms with van der Waals surface area (Å²) in [6, 6.07) is 18.5. The highest BCUT2D eigenvalue weighted by Crippen LogP contribution is 2.35. The number of pyridine rings is 1. The van der Waals surface area contributed by atoms with Crippen LogP contribution in [0.2, 0.25) is 0 Å². The van der Waals surface area contributed by atoms with E-state index in [1.807, 2.05) is 50.4 Å². The molecule has 4 aromatic rings. The Hall–Kier alpha value is -3.82.